The number of alkyl halides is 3. The standard InChI is InChI=1S/C18H24F3N3O3/c1-2-15(25)11-24-7-6-14(10-24)23-16(26)9-22-17(27)12-4-3-5-13(8-12)18(19,20)21/h3-5,8,14-15,25H,2,6-7,9-11H2,1H3,(H,22,27)(H,23,26)/t14-,15?/m1/s1. The predicted octanol–water partition coefficient (Wildman–Crippen LogP) is 1.40. The van der Waals surface area contributed by atoms with Gasteiger partial charge in [-0.3, -0.25) is 14.5 Å². The van der Waals surface area contributed by atoms with E-state index in [1.54, 1.807) is 0 Å². The van der Waals surface area contributed by atoms with Crippen LogP contribution in [0.3, 0.4) is 0 Å². The Morgan fingerprint density at radius 1 is 1.37 bits per heavy atom. The molecule has 1 fully saturated rings. The van der Waals surface area contributed by atoms with Crippen LogP contribution in [0.5, 0.6) is 0 Å². The summed E-state index contributed by atoms with van der Waals surface area (Å²) in [6, 6.07) is 3.96. The van der Waals surface area contributed by atoms with E-state index < -0.39 is 29.7 Å². The van der Waals surface area contributed by atoms with Crippen molar-refractivity contribution in [2.75, 3.05) is 26.2 Å². The van der Waals surface area contributed by atoms with Crippen molar-refractivity contribution in [3.8, 4) is 0 Å². The number of hydrogen-bond donors (Lipinski definition) is 3. The maximum absolute atomic E-state index is 12.7. The van der Waals surface area contributed by atoms with Gasteiger partial charge in [0, 0.05) is 31.2 Å². The largest absolute Gasteiger partial charge is 0.416 e. The van der Waals surface area contributed by atoms with Crippen molar-refractivity contribution in [3.05, 3.63) is 35.4 Å². The van der Waals surface area contributed by atoms with Gasteiger partial charge in [-0.1, -0.05) is 13.0 Å². The van der Waals surface area contributed by atoms with E-state index in [0.717, 1.165) is 31.2 Å². The van der Waals surface area contributed by atoms with Crippen LogP contribution in [0.2, 0.25) is 0 Å². The molecule has 0 saturated carbocycles. The second-order valence-electron chi connectivity index (χ2n) is 6.64. The van der Waals surface area contributed by atoms with Gasteiger partial charge in [-0.2, -0.15) is 13.2 Å². The van der Waals surface area contributed by atoms with E-state index in [1.165, 1.54) is 6.07 Å². The molecule has 3 N–H and O–H groups in total. The summed E-state index contributed by atoms with van der Waals surface area (Å²) in [6.07, 6.45) is -3.53. The first-order valence-electron chi connectivity index (χ1n) is 8.84. The van der Waals surface area contributed by atoms with Gasteiger partial charge in [0.1, 0.15) is 0 Å². The van der Waals surface area contributed by atoms with Gasteiger partial charge in [0.05, 0.1) is 18.2 Å². The van der Waals surface area contributed by atoms with Crippen molar-refractivity contribution in [3.63, 3.8) is 0 Å². The van der Waals surface area contributed by atoms with Crippen LogP contribution >= 0.6 is 0 Å². The summed E-state index contributed by atoms with van der Waals surface area (Å²) < 4.78 is 38.1. The molecule has 1 aliphatic heterocycles. The number of likely N-dealkylation sites (tertiary alicyclic amines) is 1. The van der Waals surface area contributed by atoms with E-state index >= 15 is 0 Å². The second-order valence-corrected chi connectivity index (χ2v) is 6.64. The van der Waals surface area contributed by atoms with Gasteiger partial charge in [-0.15, -0.1) is 0 Å². The summed E-state index contributed by atoms with van der Waals surface area (Å²) >= 11 is 0. The molecule has 9 heteroatoms. The summed E-state index contributed by atoms with van der Waals surface area (Å²) in [5.41, 5.74) is -1.07. The van der Waals surface area contributed by atoms with Crippen molar-refractivity contribution in [1.29, 1.82) is 0 Å². The summed E-state index contributed by atoms with van der Waals surface area (Å²) in [4.78, 5) is 26.0. The van der Waals surface area contributed by atoms with E-state index in [-0.39, 0.29) is 18.2 Å². The molecule has 0 spiro atoms. The van der Waals surface area contributed by atoms with Crippen LogP contribution in [0.15, 0.2) is 24.3 Å². The number of carbonyl (C=O) groups excluding carboxylic acids is 2. The lowest BCUT2D eigenvalue weighted by Gasteiger charge is -2.19. The molecule has 1 aromatic rings. The highest BCUT2D eigenvalue weighted by Gasteiger charge is 2.31. The molecule has 150 valence electrons. The number of β-amino-alcohol motifs (C(OH)–C–C–N with tert-alkyl or cyclic N) is 1. The van der Waals surface area contributed by atoms with E-state index in [4.69, 9.17) is 0 Å². The molecular weight excluding hydrogens is 363 g/mol. The number of benzene rings is 1. The Labute approximate surface area is 155 Å². The van der Waals surface area contributed by atoms with Gasteiger partial charge in [-0.05, 0) is 31.0 Å². The summed E-state index contributed by atoms with van der Waals surface area (Å²) in [6.45, 7) is 3.51. The first-order valence-corrected chi connectivity index (χ1v) is 8.84. The van der Waals surface area contributed by atoms with Crippen molar-refractivity contribution in [1.82, 2.24) is 15.5 Å². The first-order chi connectivity index (χ1) is 12.7. The average Bonchev–Trinajstić information content (AvgIpc) is 3.05. The van der Waals surface area contributed by atoms with Crippen molar-refractivity contribution in [2.24, 2.45) is 0 Å². The lowest BCUT2D eigenvalue weighted by Crippen LogP contribution is -2.43. The Balaban J connectivity index is 1.78. The van der Waals surface area contributed by atoms with Crippen LogP contribution in [0.4, 0.5) is 13.2 Å². The van der Waals surface area contributed by atoms with Crippen molar-refractivity contribution < 1.29 is 27.9 Å². The van der Waals surface area contributed by atoms with Gasteiger partial charge in [0.2, 0.25) is 5.91 Å². The molecule has 6 nitrogen and oxygen atoms in total. The number of aliphatic hydroxyl groups is 1. The predicted molar refractivity (Wildman–Crippen MR) is 93.1 cm³/mol. The lowest BCUT2D eigenvalue weighted by molar-refractivity contribution is -0.137. The second kappa shape index (κ2) is 9.18. The summed E-state index contributed by atoms with van der Waals surface area (Å²) in [5, 5.41) is 14.8. The Bertz CT molecular complexity index is 667. The Morgan fingerprint density at radius 2 is 2.11 bits per heavy atom. The normalized spacial score (nSPS) is 18.9. The number of nitrogens with zero attached hydrogens (tertiary/aromatic N) is 1. The van der Waals surface area contributed by atoms with Crippen molar-refractivity contribution >= 4 is 11.8 Å². The average molecular weight is 387 g/mol. The first kappa shape index (κ1) is 21.2. The minimum Gasteiger partial charge on any atom is -0.392 e. The minimum atomic E-state index is -4.53. The molecule has 0 radical (unpaired) electrons. The Kier molecular flexibility index (Phi) is 7.20. The summed E-state index contributed by atoms with van der Waals surface area (Å²) in [7, 11) is 0. The smallest absolute Gasteiger partial charge is 0.392 e. The topological polar surface area (TPSA) is 81.7 Å². The van der Waals surface area contributed by atoms with Gasteiger partial charge >= 0.3 is 6.18 Å². The molecule has 1 saturated heterocycles. The highest BCUT2D eigenvalue weighted by Crippen LogP contribution is 2.29. The van der Waals surface area contributed by atoms with E-state index in [0.29, 0.717) is 19.5 Å². The number of aliphatic hydroxyl groups excluding tert-OH is 1. The van der Waals surface area contributed by atoms with E-state index in [2.05, 4.69) is 15.5 Å². The number of amides is 2. The van der Waals surface area contributed by atoms with E-state index in [9.17, 15) is 27.9 Å². The highest BCUT2D eigenvalue weighted by atomic mass is 19.4. The molecule has 0 aliphatic carbocycles. The molecule has 27 heavy (non-hydrogen) atoms. The zero-order chi connectivity index (χ0) is 20.0. The minimum absolute atomic E-state index is 0.0768. The number of nitrogens with one attached hydrogen (secondary N) is 2. The molecule has 1 heterocycles. The van der Waals surface area contributed by atoms with Gasteiger partial charge < -0.3 is 15.7 Å². The molecule has 2 amide bonds. The van der Waals surface area contributed by atoms with Gasteiger partial charge in [0.15, 0.2) is 0 Å². The Hall–Kier alpha value is -2.13. The zero-order valence-electron chi connectivity index (χ0n) is 15.1. The quantitative estimate of drug-likeness (QED) is 0.661. The molecule has 2 atom stereocenters. The molecule has 1 aromatic carbocycles. The SMILES string of the molecule is CCC(O)CN1CC[C@@H](NC(=O)CNC(=O)c2cccc(C(F)(F)F)c2)C1. The van der Waals surface area contributed by atoms with Crippen LogP contribution in [0, 0.1) is 0 Å². The fourth-order valence-corrected chi connectivity index (χ4v) is 2.92. The van der Waals surface area contributed by atoms with E-state index in [1.807, 2.05) is 6.92 Å². The number of hydrogen-bond acceptors (Lipinski definition) is 4. The maximum atomic E-state index is 12.7. The van der Waals surface area contributed by atoms with Crippen molar-refractivity contribution in [2.45, 2.75) is 38.1 Å². The molecule has 1 unspecified atom stereocenters. The number of carbonyl (C=O) groups is 2. The zero-order valence-corrected chi connectivity index (χ0v) is 15.1. The third kappa shape index (κ3) is 6.51. The van der Waals surface area contributed by atoms with Crippen LogP contribution in [0.25, 0.3) is 0 Å². The Morgan fingerprint density at radius 3 is 2.78 bits per heavy atom. The molecule has 2 rings (SSSR count). The number of halogens is 3. The van der Waals surface area contributed by atoms with Gasteiger partial charge in [-0.25, -0.2) is 0 Å². The molecule has 1 aliphatic rings. The fourth-order valence-electron chi connectivity index (χ4n) is 2.92. The molecule has 0 aromatic heterocycles. The highest BCUT2D eigenvalue weighted by molar-refractivity contribution is 5.96. The maximum Gasteiger partial charge on any atom is 0.416 e. The molecular formula is C18H24F3N3O3. The van der Waals surface area contributed by atoms with Crippen LogP contribution in [0.1, 0.15) is 35.7 Å². The molecule has 0 bridgehead atoms. The third-order valence-electron chi connectivity index (χ3n) is 4.44. The number of rotatable bonds is 7. The van der Waals surface area contributed by atoms with Crippen LogP contribution in [-0.2, 0) is 11.0 Å². The van der Waals surface area contributed by atoms with Crippen LogP contribution < -0.4 is 10.6 Å². The lowest BCUT2D eigenvalue weighted by atomic mass is 10.1. The summed E-state index contributed by atoms with van der Waals surface area (Å²) in [5.74, 6) is -1.14. The van der Waals surface area contributed by atoms with Crippen LogP contribution in [-0.4, -0.2) is 60.1 Å². The fraction of sp³-hybridized carbons (Fsp3) is 0.556. The third-order valence-corrected chi connectivity index (χ3v) is 4.44. The monoisotopic (exact) mass is 387 g/mol. The van der Waals surface area contributed by atoms with Gasteiger partial charge in [0.25, 0.3) is 5.91 Å².